The highest BCUT2D eigenvalue weighted by Gasteiger charge is 2.29. The van der Waals surface area contributed by atoms with Crippen molar-refractivity contribution in [1.82, 2.24) is 9.88 Å². The summed E-state index contributed by atoms with van der Waals surface area (Å²) >= 11 is 0. The molecule has 1 unspecified atom stereocenters. The molecule has 1 atom stereocenters. The molecule has 27 heavy (non-hydrogen) atoms. The van der Waals surface area contributed by atoms with Gasteiger partial charge in [-0.1, -0.05) is 24.3 Å². The number of amides is 1. The molecule has 0 radical (unpaired) electrons. The van der Waals surface area contributed by atoms with Gasteiger partial charge in [0.1, 0.15) is 11.5 Å². The van der Waals surface area contributed by atoms with Crippen LogP contribution in [0.15, 0.2) is 46.6 Å². The fraction of sp³-hybridized carbons (Fsp3) is 0.300. The Morgan fingerprint density at radius 2 is 2.11 bits per heavy atom. The van der Waals surface area contributed by atoms with Crippen molar-refractivity contribution >= 4 is 23.7 Å². The first-order chi connectivity index (χ1) is 13.1. The van der Waals surface area contributed by atoms with Crippen LogP contribution in [0.25, 0.3) is 0 Å². The highest BCUT2D eigenvalue weighted by atomic mass is 16.2. The number of pyridine rings is 1. The number of benzene rings is 1. The van der Waals surface area contributed by atoms with E-state index in [0.717, 1.165) is 28.1 Å². The average molecular weight is 364 g/mol. The molecule has 0 spiro atoms. The van der Waals surface area contributed by atoms with E-state index in [0.29, 0.717) is 18.8 Å². The minimum absolute atomic E-state index is 0.0296. The van der Waals surface area contributed by atoms with E-state index < -0.39 is 0 Å². The van der Waals surface area contributed by atoms with E-state index in [1.54, 1.807) is 25.5 Å². The van der Waals surface area contributed by atoms with Crippen LogP contribution in [0.2, 0.25) is 0 Å². The number of carbonyl (C=O) groups excluding carboxylic acids is 1. The van der Waals surface area contributed by atoms with Crippen LogP contribution in [0.5, 0.6) is 0 Å². The average Bonchev–Trinajstić information content (AvgIpc) is 3.03. The van der Waals surface area contributed by atoms with Gasteiger partial charge >= 0.3 is 0 Å². The van der Waals surface area contributed by atoms with Gasteiger partial charge in [0.2, 0.25) is 0 Å². The first kappa shape index (κ1) is 18.6. The SMILES string of the molecule is CCN1Cc2c(ccnc2NC(C)c2ccc(C(C=NC)=NN)cc2)C1=O. The minimum atomic E-state index is 0.0296. The van der Waals surface area contributed by atoms with Crippen molar-refractivity contribution in [3.63, 3.8) is 0 Å². The van der Waals surface area contributed by atoms with E-state index in [1.165, 1.54) is 0 Å². The number of hydrogen-bond donors (Lipinski definition) is 2. The highest BCUT2D eigenvalue weighted by Crippen LogP contribution is 2.29. The second-order valence-electron chi connectivity index (χ2n) is 6.39. The van der Waals surface area contributed by atoms with E-state index >= 15 is 0 Å². The lowest BCUT2D eigenvalue weighted by molar-refractivity contribution is 0.0787. The molecule has 0 fully saturated rings. The molecule has 7 nitrogen and oxygen atoms in total. The zero-order chi connectivity index (χ0) is 19.4. The van der Waals surface area contributed by atoms with Crippen molar-refractivity contribution in [2.24, 2.45) is 15.9 Å². The Bertz CT molecular complexity index is 888. The molecule has 2 heterocycles. The van der Waals surface area contributed by atoms with Crippen molar-refractivity contribution in [2.45, 2.75) is 26.4 Å². The number of anilines is 1. The van der Waals surface area contributed by atoms with Gasteiger partial charge in [0.15, 0.2) is 0 Å². The fourth-order valence-electron chi connectivity index (χ4n) is 3.20. The van der Waals surface area contributed by atoms with Gasteiger partial charge in [-0.05, 0) is 25.5 Å². The normalized spacial score (nSPS) is 15.3. The molecule has 0 bridgehead atoms. The summed E-state index contributed by atoms with van der Waals surface area (Å²) in [6.07, 6.45) is 3.31. The molecule has 0 aliphatic carbocycles. The lowest BCUT2D eigenvalue weighted by Crippen LogP contribution is -2.22. The summed E-state index contributed by atoms with van der Waals surface area (Å²) in [4.78, 5) is 22.6. The largest absolute Gasteiger partial charge is 0.363 e. The van der Waals surface area contributed by atoms with E-state index in [-0.39, 0.29) is 11.9 Å². The van der Waals surface area contributed by atoms with Crippen LogP contribution in [0, 0.1) is 0 Å². The Balaban J connectivity index is 1.79. The Hall–Kier alpha value is -3.22. The predicted octanol–water partition coefficient (Wildman–Crippen LogP) is 2.59. The van der Waals surface area contributed by atoms with E-state index in [2.05, 4.69) is 27.3 Å². The zero-order valence-corrected chi connectivity index (χ0v) is 15.8. The zero-order valence-electron chi connectivity index (χ0n) is 15.8. The van der Waals surface area contributed by atoms with Crippen LogP contribution < -0.4 is 11.2 Å². The van der Waals surface area contributed by atoms with Gasteiger partial charge in [-0.2, -0.15) is 5.10 Å². The van der Waals surface area contributed by atoms with Crippen molar-refractivity contribution < 1.29 is 4.79 Å². The maximum Gasteiger partial charge on any atom is 0.254 e. The Labute approximate surface area is 159 Å². The van der Waals surface area contributed by atoms with E-state index in [4.69, 9.17) is 5.84 Å². The molecule has 1 amide bonds. The third-order valence-electron chi connectivity index (χ3n) is 4.75. The maximum absolute atomic E-state index is 12.4. The molecule has 3 N–H and O–H groups in total. The minimum Gasteiger partial charge on any atom is -0.363 e. The van der Waals surface area contributed by atoms with Crippen molar-refractivity contribution in [3.05, 3.63) is 58.8 Å². The molecular weight excluding hydrogens is 340 g/mol. The molecule has 2 aromatic rings. The number of hydrazone groups is 1. The second-order valence-corrected chi connectivity index (χ2v) is 6.39. The Morgan fingerprint density at radius 3 is 2.74 bits per heavy atom. The van der Waals surface area contributed by atoms with Crippen LogP contribution in [0.4, 0.5) is 5.82 Å². The van der Waals surface area contributed by atoms with Crippen LogP contribution in [-0.2, 0) is 6.54 Å². The summed E-state index contributed by atoms with van der Waals surface area (Å²) in [5, 5.41) is 7.20. The molecule has 0 saturated carbocycles. The first-order valence-corrected chi connectivity index (χ1v) is 8.93. The van der Waals surface area contributed by atoms with Gasteiger partial charge < -0.3 is 16.1 Å². The Morgan fingerprint density at radius 1 is 1.37 bits per heavy atom. The van der Waals surface area contributed by atoms with E-state index in [9.17, 15) is 4.79 Å². The van der Waals surface area contributed by atoms with E-state index in [1.807, 2.05) is 36.1 Å². The number of nitrogens with one attached hydrogen (secondary N) is 1. The number of hydrogen-bond acceptors (Lipinski definition) is 6. The number of carbonyl (C=O) groups is 1. The maximum atomic E-state index is 12.4. The van der Waals surface area contributed by atoms with Gasteiger partial charge in [-0.25, -0.2) is 4.98 Å². The first-order valence-electron chi connectivity index (χ1n) is 8.93. The van der Waals surface area contributed by atoms with Gasteiger partial charge in [-0.15, -0.1) is 0 Å². The monoisotopic (exact) mass is 364 g/mol. The summed E-state index contributed by atoms with van der Waals surface area (Å²) < 4.78 is 0. The molecule has 1 aliphatic heterocycles. The molecule has 3 rings (SSSR count). The molecule has 1 aliphatic rings. The summed E-state index contributed by atoms with van der Waals surface area (Å²) in [6.45, 7) is 5.34. The number of rotatable bonds is 6. The lowest BCUT2D eigenvalue weighted by Gasteiger charge is -2.17. The highest BCUT2D eigenvalue weighted by molar-refractivity contribution is 6.38. The smallest absolute Gasteiger partial charge is 0.254 e. The lowest BCUT2D eigenvalue weighted by atomic mass is 10.0. The van der Waals surface area contributed by atoms with Crippen molar-refractivity contribution in [1.29, 1.82) is 0 Å². The summed E-state index contributed by atoms with van der Waals surface area (Å²) in [6, 6.07) is 9.80. The second kappa shape index (κ2) is 7.99. The van der Waals surface area contributed by atoms with Crippen LogP contribution in [-0.4, -0.2) is 41.3 Å². The van der Waals surface area contributed by atoms with Gasteiger partial charge in [-0.3, -0.25) is 9.79 Å². The van der Waals surface area contributed by atoms with Crippen molar-refractivity contribution in [2.75, 3.05) is 18.9 Å². The third kappa shape index (κ3) is 3.67. The summed E-state index contributed by atoms with van der Waals surface area (Å²) in [7, 11) is 1.68. The number of aromatic nitrogens is 1. The molecule has 140 valence electrons. The standard InChI is InChI=1S/C20H24N6O/c1-4-26-12-17-16(20(26)27)9-10-23-19(17)24-13(2)14-5-7-15(8-6-14)18(25-21)11-22-3/h5-11,13H,4,12,21H2,1-3H3,(H,23,24). The molecule has 1 aromatic heterocycles. The van der Waals surface area contributed by atoms with Crippen molar-refractivity contribution in [3.8, 4) is 0 Å². The molecule has 7 heteroatoms. The van der Waals surface area contributed by atoms with Gasteiger partial charge in [0.05, 0.1) is 6.54 Å². The Kier molecular flexibility index (Phi) is 5.49. The molecule has 1 aromatic carbocycles. The number of nitrogens with zero attached hydrogens (tertiary/aromatic N) is 4. The number of aliphatic imine (C=N–C) groups is 1. The van der Waals surface area contributed by atoms with Gasteiger partial charge in [0, 0.05) is 48.7 Å². The summed E-state index contributed by atoms with van der Waals surface area (Å²) in [5.41, 5.74) is 4.33. The molecular formula is C20H24N6O. The fourth-order valence-corrected chi connectivity index (χ4v) is 3.20. The molecule has 0 saturated heterocycles. The summed E-state index contributed by atoms with van der Waals surface area (Å²) in [5.74, 6) is 6.25. The topological polar surface area (TPSA) is 96.0 Å². The third-order valence-corrected chi connectivity index (χ3v) is 4.75. The quantitative estimate of drug-likeness (QED) is 0.468. The van der Waals surface area contributed by atoms with Crippen LogP contribution >= 0.6 is 0 Å². The predicted molar refractivity (Wildman–Crippen MR) is 108 cm³/mol. The number of fused-ring (bicyclic) bond motifs is 1. The van der Waals surface area contributed by atoms with Gasteiger partial charge in [0.25, 0.3) is 5.91 Å². The van der Waals surface area contributed by atoms with Crippen LogP contribution in [0.1, 0.15) is 46.9 Å². The number of nitrogens with two attached hydrogens (primary N) is 1. The van der Waals surface area contributed by atoms with Crippen LogP contribution in [0.3, 0.4) is 0 Å².